The van der Waals surface area contributed by atoms with E-state index in [2.05, 4.69) is 23.8 Å². The topological polar surface area (TPSA) is 25.8 Å². The zero-order valence-corrected chi connectivity index (χ0v) is 8.52. The summed E-state index contributed by atoms with van der Waals surface area (Å²) in [5.41, 5.74) is 0.850. The summed E-state index contributed by atoms with van der Waals surface area (Å²) in [6.45, 7) is 4.13. The molecule has 1 rings (SSSR count). The molecule has 0 amide bonds. The van der Waals surface area contributed by atoms with Crippen LogP contribution in [0.1, 0.15) is 31.7 Å². The van der Waals surface area contributed by atoms with Crippen LogP contribution in [0, 0.1) is 0 Å². The number of hydrogen-bond donors (Lipinski definition) is 0. The summed E-state index contributed by atoms with van der Waals surface area (Å²) in [6.07, 6.45) is 2.35. The van der Waals surface area contributed by atoms with Crippen LogP contribution in [0.25, 0.3) is 0 Å². The van der Waals surface area contributed by atoms with E-state index in [1.807, 2.05) is 0 Å². The summed E-state index contributed by atoms with van der Waals surface area (Å²) in [5.74, 6) is 0.311. The Morgan fingerprint density at radius 1 is 1.33 bits per heavy atom. The van der Waals surface area contributed by atoms with Crippen molar-refractivity contribution in [1.29, 1.82) is 0 Å². The molecular weight excluding hydrogens is 195 g/mol. The molecule has 1 aromatic heterocycles. The monoisotopic (exact) mass is 204 g/mol. The largest absolute Gasteiger partial charge is 0.224 e. The Balaban J connectivity index is 3.12. The lowest BCUT2D eigenvalue weighted by Crippen LogP contribution is -1.97. The molecule has 1 aromatic rings. The molecule has 0 saturated heterocycles. The third-order valence-corrected chi connectivity index (χ3v) is 2.49. The van der Waals surface area contributed by atoms with Gasteiger partial charge in [-0.2, -0.15) is 0 Å². The van der Waals surface area contributed by atoms with Gasteiger partial charge >= 0.3 is 0 Å². The molecule has 0 spiro atoms. The second kappa shape index (κ2) is 4.06. The molecule has 0 aliphatic rings. The number of aromatic nitrogens is 2. The molecular formula is C8H10Cl2N2. The smallest absolute Gasteiger partial charge is 0.137 e. The lowest BCUT2D eigenvalue weighted by molar-refractivity contribution is 0.725. The fourth-order valence-corrected chi connectivity index (χ4v) is 1.65. The maximum Gasteiger partial charge on any atom is 0.137 e. The van der Waals surface area contributed by atoms with Crippen LogP contribution in [-0.2, 0) is 0 Å². The molecule has 1 atom stereocenters. The molecule has 0 aromatic carbocycles. The Kier molecular flexibility index (Phi) is 3.29. The zero-order valence-electron chi connectivity index (χ0n) is 7.01. The fraction of sp³-hybridized carbons (Fsp3) is 0.500. The van der Waals surface area contributed by atoms with E-state index in [0.717, 1.165) is 12.0 Å². The van der Waals surface area contributed by atoms with Gasteiger partial charge in [-0.25, -0.2) is 9.97 Å². The maximum atomic E-state index is 5.87. The summed E-state index contributed by atoms with van der Waals surface area (Å²) in [4.78, 5) is 7.76. The summed E-state index contributed by atoms with van der Waals surface area (Å²) in [7, 11) is 0. The van der Waals surface area contributed by atoms with Crippen molar-refractivity contribution in [3.8, 4) is 0 Å². The highest BCUT2D eigenvalue weighted by atomic mass is 35.5. The second-order valence-electron chi connectivity index (χ2n) is 2.68. The van der Waals surface area contributed by atoms with Gasteiger partial charge in [0.05, 0.1) is 0 Å². The van der Waals surface area contributed by atoms with E-state index in [0.29, 0.717) is 16.2 Å². The van der Waals surface area contributed by atoms with E-state index >= 15 is 0 Å². The van der Waals surface area contributed by atoms with Crippen LogP contribution < -0.4 is 0 Å². The highest BCUT2D eigenvalue weighted by molar-refractivity contribution is 6.34. The van der Waals surface area contributed by atoms with Crippen molar-refractivity contribution < 1.29 is 0 Å². The van der Waals surface area contributed by atoms with Gasteiger partial charge in [-0.3, -0.25) is 0 Å². The lowest BCUT2D eigenvalue weighted by Gasteiger charge is -2.10. The Morgan fingerprint density at radius 2 is 1.83 bits per heavy atom. The molecule has 12 heavy (non-hydrogen) atoms. The van der Waals surface area contributed by atoms with E-state index < -0.39 is 0 Å². The minimum Gasteiger partial charge on any atom is -0.224 e. The first-order valence-electron chi connectivity index (χ1n) is 3.82. The van der Waals surface area contributed by atoms with Gasteiger partial charge in [-0.1, -0.05) is 37.0 Å². The summed E-state index contributed by atoms with van der Waals surface area (Å²) >= 11 is 11.7. The average molecular weight is 205 g/mol. The molecule has 0 saturated carbocycles. The molecule has 0 aliphatic carbocycles. The Hall–Kier alpha value is -0.340. The first kappa shape index (κ1) is 9.75. The van der Waals surface area contributed by atoms with Gasteiger partial charge in [0.1, 0.15) is 16.6 Å². The quantitative estimate of drug-likeness (QED) is 0.692. The summed E-state index contributed by atoms with van der Waals surface area (Å²) < 4.78 is 0. The van der Waals surface area contributed by atoms with Crippen molar-refractivity contribution in [2.75, 3.05) is 0 Å². The van der Waals surface area contributed by atoms with Crippen LogP contribution in [0.2, 0.25) is 10.3 Å². The number of hydrogen-bond acceptors (Lipinski definition) is 2. The first-order valence-corrected chi connectivity index (χ1v) is 4.58. The number of nitrogens with zero attached hydrogens (tertiary/aromatic N) is 2. The third-order valence-electron chi connectivity index (χ3n) is 1.89. The van der Waals surface area contributed by atoms with E-state index in [1.165, 1.54) is 6.33 Å². The molecule has 66 valence electrons. The first-order chi connectivity index (χ1) is 5.66. The van der Waals surface area contributed by atoms with E-state index in [1.54, 1.807) is 0 Å². The Bertz CT molecular complexity index is 256. The van der Waals surface area contributed by atoms with Gasteiger partial charge in [-0.15, -0.1) is 0 Å². The highest BCUT2D eigenvalue weighted by Gasteiger charge is 2.13. The van der Waals surface area contributed by atoms with Crippen molar-refractivity contribution in [1.82, 2.24) is 9.97 Å². The Labute approximate surface area is 81.9 Å². The summed E-state index contributed by atoms with van der Waals surface area (Å²) in [5, 5.41) is 0.925. The van der Waals surface area contributed by atoms with E-state index in [9.17, 15) is 0 Å². The van der Waals surface area contributed by atoms with E-state index in [-0.39, 0.29) is 0 Å². The van der Waals surface area contributed by atoms with Crippen LogP contribution in [0.4, 0.5) is 0 Å². The summed E-state index contributed by atoms with van der Waals surface area (Å²) in [6, 6.07) is 0. The molecule has 0 bridgehead atoms. The number of rotatable bonds is 2. The maximum absolute atomic E-state index is 5.87. The van der Waals surface area contributed by atoms with Crippen LogP contribution in [0.3, 0.4) is 0 Å². The molecule has 0 fully saturated rings. The van der Waals surface area contributed by atoms with Gasteiger partial charge in [0.2, 0.25) is 0 Å². The van der Waals surface area contributed by atoms with Crippen molar-refractivity contribution in [3.05, 3.63) is 22.2 Å². The second-order valence-corrected chi connectivity index (χ2v) is 3.39. The molecule has 1 heterocycles. The molecule has 2 nitrogen and oxygen atoms in total. The molecule has 0 aliphatic heterocycles. The van der Waals surface area contributed by atoms with Gasteiger partial charge < -0.3 is 0 Å². The predicted octanol–water partition coefficient (Wildman–Crippen LogP) is 3.30. The SMILES string of the molecule is CC[C@H](C)c1c(Cl)ncnc1Cl. The zero-order chi connectivity index (χ0) is 9.14. The van der Waals surface area contributed by atoms with Crippen molar-refractivity contribution in [2.45, 2.75) is 26.2 Å². The number of halogens is 2. The van der Waals surface area contributed by atoms with Crippen LogP contribution in [0.15, 0.2) is 6.33 Å². The molecule has 0 N–H and O–H groups in total. The van der Waals surface area contributed by atoms with Crippen LogP contribution in [0.5, 0.6) is 0 Å². The minimum absolute atomic E-state index is 0.311. The van der Waals surface area contributed by atoms with Gasteiger partial charge in [0.25, 0.3) is 0 Å². The van der Waals surface area contributed by atoms with Gasteiger partial charge in [0.15, 0.2) is 0 Å². The van der Waals surface area contributed by atoms with Crippen molar-refractivity contribution >= 4 is 23.2 Å². The van der Waals surface area contributed by atoms with Crippen LogP contribution >= 0.6 is 23.2 Å². The fourth-order valence-electron chi connectivity index (χ4n) is 0.965. The highest BCUT2D eigenvalue weighted by Crippen LogP contribution is 2.29. The van der Waals surface area contributed by atoms with Gasteiger partial charge in [0, 0.05) is 5.56 Å². The Morgan fingerprint density at radius 3 is 2.25 bits per heavy atom. The standard InChI is InChI=1S/C8H10Cl2N2/c1-3-5(2)6-7(9)11-4-12-8(6)10/h4-5H,3H2,1-2H3/t5-/m0/s1. The van der Waals surface area contributed by atoms with Gasteiger partial charge in [-0.05, 0) is 12.3 Å². The van der Waals surface area contributed by atoms with Crippen LogP contribution in [-0.4, -0.2) is 9.97 Å². The lowest BCUT2D eigenvalue weighted by atomic mass is 10.0. The molecule has 4 heteroatoms. The average Bonchev–Trinajstić information content (AvgIpc) is 2.03. The molecule has 0 radical (unpaired) electrons. The van der Waals surface area contributed by atoms with Crippen molar-refractivity contribution in [2.24, 2.45) is 0 Å². The molecule has 0 unspecified atom stereocenters. The predicted molar refractivity (Wildman–Crippen MR) is 50.8 cm³/mol. The third kappa shape index (κ3) is 1.87. The van der Waals surface area contributed by atoms with Crippen molar-refractivity contribution in [3.63, 3.8) is 0 Å². The van der Waals surface area contributed by atoms with E-state index in [4.69, 9.17) is 23.2 Å². The minimum atomic E-state index is 0.311. The normalized spacial score (nSPS) is 13.0.